The molecule has 11 N–H and O–H groups in total. The van der Waals surface area contributed by atoms with E-state index in [1.165, 1.54) is 0 Å². The van der Waals surface area contributed by atoms with Crippen LogP contribution in [0.5, 0.6) is 0 Å². The average molecular weight is 741 g/mol. The molecular weight excluding hydrogens is 692 g/mol. The van der Waals surface area contributed by atoms with Crippen LogP contribution in [-0.4, -0.2) is 198 Å². The van der Waals surface area contributed by atoms with E-state index in [0.717, 1.165) is 0 Å². The highest BCUT2D eigenvalue weighted by Gasteiger charge is 2.55. The Kier molecular flexibility index (Phi) is 12.2. The first-order valence-corrected chi connectivity index (χ1v) is 17.2. The summed E-state index contributed by atoms with van der Waals surface area (Å²) in [5, 5.41) is 117. The summed E-state index contributed by atoms with van der Waals surface area (Å²) >= 11 is 0. The summed E-state index contributed by atoms with van der Waals surface area (Å²) in [4.78, 5) is 24.9. The predicted molar refractivity (Wildman–Crippen MR) is 158 cm³/mol. The van der Waals surface area contributed by atoms with Gasteiger partial charge in [0, 0.05) is 12.3 Å². The van der Waals surface area contributed by atoms with E-state index in [0.29, 0.717) is 0 Å². The first-order valence-electron chi connectivity index (χ1n) is 17.2. The molecule has 4 aliphatic heterocycles. The summed E-state index contributed by atoms with van der Waals surface area (Å²) in [7, 11) is 0. The quantitative estimate of drug-likeness (QED) is 0.111. The fourth-order valence-corrected chi connectivity index (χ4v) is 8.01. The Morgan fingerprint density at radius 3 is 1.53 bits per heavy atom. The van der Waals surface area contributed by atoms with Gasteiger partial charge in [0.25, 0.3) is 0 Å². The van der Waals surface area contributed by atoms with Crippen LogP contribution in [0, 0.1) is 11.8 Å². The molecule has 292 valence electrons. The highest BCUT2D eigenvalue weighted by atomic mass is 16.7. The third-order valence-electron chi connectivity index (χ3n) is 10.9. The van der Waals surface area contributed by atoms with E-state index < -0.39 is 160 Å². The molecule has 19 atom stereocenters. The molecule has 0 aromatic carbocycles. The van der Waals surface area contributed by atoms with Gasteiger partial charge in [0.1, 0.15) is 68.1 Å². The van der Waals surface area contributed by atoms with Crippen molar-refractivity contribution in [2.24, 2.45) is 11.8 Å². The van der Waals surface area contributed by atoms with Crippen LogP contribution in [0.3, 0.4) is 0 Å². The Labute approximate surface area is 291 Å². The minimum Gasteiger partial charge on any atom is -0.463 e. The van der Waals surface area contributed by atoms with Crippen molar-refractivity contribution in [1.29, 1.82) is 0 Å². The van der Waals surface area contributed by atoms with E-state index >= 15 is 0 Å². The summed E-state index contributed by atoms with van der Waals surface area (Å²) < 4.78 is 40.4. The Balaban J connectivity index is 1.32. The molecule has 4 heterocycles. The molecule has 0 spiro atoms. The van der Waals surface area contributed by atoms with Gasteiger partial charge < -0.3 is 89.3 Å². The van der Waals surface area contributed by atoms with Crippen molar-refractivity contribution >= 4 is 11.9 Å². The Morgan fingerprint density at radius 1 is 0.471 bits per heavy atom. The smallest absolute Gasteiger partial charge is 0.335 e. The van der Waals surface area contributed by atoms with Gasteiger partial charge in [0.05, 0.1) is 49.1 Å². The second-order valence-corrected chi connectivity index (χ2v) is 14.4. The lowest BCUT2D eigenvalue weighted by Gasteiger charge is -2.52. The second kappa shape index (κ2) is 16.0. The van der Waals surface area contributed by atoms with Gasteiger partial charge in [-0.2, -0.15) is 0 Å². The zero-order valence-electron chi connectivity index (χ0n) is 27.4. The number of fused-ring (bicyclic) bond motifs is 5. The first-order chi connectivity index (χ1) is 24.1. The van der Waals surface area contributed by atoms with Crippen molar-refractivity contribution in [1.82, 2.24) is 0 Å². The molecule has 2 saturated carbocycles. The number of hydrogen-bond donors (Lipinski definition) is 11. The number of cyclic esters (lactones) is 2. The third kappa shape index (κ3) is 8.21. The van der Waals surface area contributed by atoms with E-state index in [1.807, 2.05) is 0 Å². The number of carbonyl (C=O) groups excluding carboxylic acids is 2. The van der Waals surface area contributed by atoms with Crippen LogP contribution in [0.15, 0.2) is 0 Å². The molecule has 0 aromatic rings. The van der Waals surface area contributed by atoms with E-state index in [-0.39, 0.29) is 32.1 Å². The predicted octanol–water partition coefficient (Wildman–Crippen LogP) is -6.36. The minimum atomic E-state index is -2.05. The highest BCUT2D eigenvalue weighted by molar-refractivity contribution is 5.81. The summed E-state index contributed by atoms with van der Waals surface area (Å²) in [5.74, 6) is -3.75. The molecule has 0 amide bonds. The van der Waals surface area contributed by atoms with Gasteiger partial charge in [-0.05, 0) is 31.6 Å². The van der Waals surface area contributed by atoms with Crippen LogP contribution in [-0.2, 0) is 42.7 Å². The van der Waals surface area contributed by atoms with Crippen LogP contribution in [0.4, 0.5) is 0 Å². The number of aliphatic hydroxyl groups excluding tert-OH is 11. The van der Waals surface area contributed by atoms with Gasteiger partial charge in [0.15, 0.2) is 18.7 Å². The van der Waals surface area contributed by atoms with Crippen molar-refractivity contribution < 1.29 is 98.9 Å². The number of hydrogen-bond acceptors (Lipinski definition) is 20. The Bertz CT molecular complexity index is 1200. The SMILES string of the molecule is O=C1C[C@@H](O)C(=O)OC[C@H]2O[C@@H](OC3CC(O)CC4OC(C5CC(O)C(O)C(O)C5)C(CC43)O[C@H]3O[C@@H](CO1)[C@H](O)[C@@H](O)[C@@H]3O)[C@H](O)[C@@H](O)[C@@H]2O. The van der Waals surface area contributed by atoms with Crippen molar-refractivity contribution in [3.8, 4) is 0 Å². The fourth-order valence-electron chi connectivity index (χ4n) is 8.01. The Morgan fingerprint density at radius 2 is 0.961 bits per heavy atom. The first kappa shape index (κ1) is 39.0. The maximum Gasteiger partial charge on any atom is 0.335 e. The van der Waals surface area contributed by atoms with E-state index in [4.69, 9.17) is 33.2 Å². The summed E-state index contributed by atoms with van der Waals surface area (Å²) in [6, 6.07) is 0. The lowest BCUT2D eigenvalue weighted by molar-refractivity contribution is -0.345. The van der Waals surface area contributed by atoms with Crippen LogP contribution in [0.25, 0.3) is 0 Å². The summed E-state index contributed by atoms with van der Waals surface area (Å²) in [5.41, 5.74) is 0. The molecule has 6 bridgehead atoms. The van der Waals surface area contributed by atoms with Gasteiger partial charge in [-0.3, -0.25) is 4.79 Å². The molecule has 6 aliphatic rings. The third-order valence-corrected chi connectivity index (χ3v) is 10.9. The topological polar surface area (TPSA) is 321 Å². The largest absolute Gasteiger partial charge is 0.463 e. The van der Waals surface area contributed by atoms with Crippen LogP contribution < -0.4 is 0 Å². The number of rotatable bonds is 1. The molecule has 8 unspecified atom stereocenters. The molecular formula is C31H48O20. The van der Waals surface area contributed by atoms with Crippen molar-refractivity contribution in [2.45, 2.75) is 155 Å². The van der Waals surface area contributed by atoms with Gasteiger partial charge in [-0.15, -0.1) is 0 Å². The number of aliphatic hydroxyl groups is 11. The number of ether oxygens (including phenoxy) is 7. The van der Waals surface area contributed by atoms with Gasteiger partial charge in [0.2, 0.25) is 0 Å². The molecule has 0 aromatic heterocycles. The monoisotopic (exact) mass is 740 g/mol. The normalized spacial score (nSPS) is 53.4. The van der Waals surface area contributed by atoms with Crippen LogP contribution >= 0.6 is 0 Å². The Hall–Kier alpha value is -1.70. The molecule has 6 fully saturated rings. The average Bonchev–Trinajstić information content (AvgIpc) is 3.09. The molecule has 20 heteroatoms. The molecule has 4 saturated heterocycles. The lowest BCUT2D eigenvalue weighted by Crippen LogP contribution is -2.64. The maximum atomic E-state index is 12.5. The number of esters is 2. The van der Waals surface area contributed by atoms with E-state index in [1.54, 1.807) is 0 Å². The van der Waals surface area contributed by atoms with Gasteiger partial charge >= 0.3 is 11.9 Å². The summed E-state index contributed by atoms with van der Waals surface area (Å²) in [6.07, 6.45) is -28.9. The second-order valence-electron chi connectivity index (χ2n) is 14.4. The molecule has 6 rings (SSSR count). The van der Waals surface area contributed by atoms with Crippen LogP contribution in [0.1, 0.15) is 38.5 Å². The van der Waals surface area contributed by atoms with Gasteiger partial charge in [-0.25, -0.2) is 4.79 Å². The van der Waals surface area contributed by atoms with E-state index in [2.05, 4.69) is 0 Å². The highest BCUT2D eigenvalue weighted by Crippen LogP contribution is 2.45. The van der Waals surface area contributed by atoms with Crippen molar-refractivity contribution in [3.63, 3.8) is 0 Å². The maximum absolute atomic E-state index is 12.5. The molecule has 2 aliphatic carbocycles. The minimum absolute atomic E-state index is 0.0209. The van der Waals surface area contributed by atoms with Crippen molar-refractivity contribution in [3.05, 3.63) is 0 Å². The van der Waals surface area contributed by atoms with Crippen LogP contribution in [0.2, 0.25) is 0 Å². The van der Waals surface area contributed by atoms with Gasteiger partial charge in [-0.1, -0.05) is 0 Å². The van der Waals surface area contributed by atoms with Crippen molar-refractivity contribution in [2.75, 3.05) is 13.2 Å². The van der Waals surface area contributed by atoms with E-state index in [9.17, 15) is 65.8 Å². The molecule has 0 radical (unpaired) electrons. The molecule has 20 nitrogen and oxygen atoms in total. The summed E-state index contributed by atoms with van der Waals surface area (Å²) in [6.45, 7) is -1.45. The zero-order valence-corrected chi connectivity index (χ0v) is 27.4. The standard InChI is InChI=1S/C31H48O20/c32-10-3-15-11-5-17(28(47-15)9-1-12(33)21(37)13(34)2-9)49-31-27(43)24(40)22(38)18(50-31)7-45-20(36)6-14(35)29(44)46-8-19-23(39)25(41)26(42)30(51-19)48-16(11)4-10/h9-19,21-28,30-35,37-43H,1-8H2/t9?,10?,11?,12?,13?,14-,15?,16?,17?,18+,19-,21?,22+,23-,24-,25+,26-,27+,28?,30-,31+/m1/s1. The molecule has 51 heavy (non-hydrogen) atoms. The fraction of sp³-hybridized carbons (Fsp3) is 0.935. The lowest BCUT2D eigenvalue weighted by atomic mass is 9.72. The zero-order chi connectivity index (χ0) is 36.9. The number of carbonyl (C=O) groups is 2.